The number of hydrogen-bond donors (Lipinski definition) is 1. The monoisotopic (exact) mass is 445 g/mol. The zero-order valence-corrected chi connectivity index (χ0v) is 17.7. The van der Waals surface area contributed by atoms with Gasteiger partial charge in [0.05, 0.1) is 11.3 Å². The lowest BCUT2D eigenvalue weighted by Gasteiger charge is -2.18. The first-order chi connectivity index (χ1) is 15.0. The highest BCUT2D eigenvalue weighted by molar-refractivity contribution is 5.68. The highest BCUT2D eigenvalue weighted by atomic mass is 19.4. The van der Waals surface area contributed by atoms with E-state index in [9.17, 15) is 18.0 Å². The molecule has 5 nitrogen and oxygen atoms in total. The fourth-order valence-electron chi connectivity index (χ4n) is 3.28. The molecule has 8 heteroatoms. The van der Waals surface area contributed by atoms with Crippen LogP contribution in [0.4, 0.5) is 13.2 Å². The number of nitrogens with zero attached hydrogens (tertiary/aromatic N) is 1. The van der Waals surface area contributed by atoms with Crippen LogP contribution in [0.25, 0.3) is 11.3 Å². The lowest BCUT2D eigenvalue weighted by atomic mass is 10.0. The molecule has 0 radical (unpaired) electrons. The second-order valence-electron chi connectivity index (χ2n) is 7.32. The van der Waals surface area contributed by atoms with E-state index in [1.807, 2.05) is 6.92 Å². The normalized spacial score (nSPS) is 12.3. The highest BCUT2D eigenvalue weighted by Crippen LogP contribution is 2.33. The molecular weight excluding hydrogens is 423 g/mol. The molecule has 0 spiro atoms. The topological polar surface area (TPSA) is 68.7 Å². The number of rotatable bonds is 7. The molecule has 168 valence electrons. The summed E-state index contributed by atoms with van der Waals surface area (Å²) in [5, 5.41) is 8.73. The van der Waals surface area contributed by atoms with Crippen molar-refractivity contribution in [2.45, 2.75) is 33.1 Å². The molecule has 0 amide bonds. The molecule has 1 N–H and O–H groups in total. The molecule has 0 fully saturated rings. The Morgan fingerprint density at radius 2 is 1.84 bits per heavy atom. The number of carboxylic acids is 1. The fraction of sp³-hybridized carbons (Fsp3) is 0.250. The second kappa shape index (κ2) is 9.30. The number of aliphatic carboxylic acids is 1. The predicted molar refractivity (Wildman–Crippen MR) is 113 cm³/mol. The quantitative estimate of drug-likeness (QED) is 0.484. The third kappa shape index (κ3) is 5.57. The number of ether oxygens (including phenoxy) is 2. The van der Waals surface area contributed by atoms with E-state index in [1.165, 1.54) is 6.07 Å². The Morgan fingerprint density at radius 1 is 1.09 bits per heavy atom. The van der Waals surface area contributed by atoms with Crippen LogP contribution < -0.4 is 9.47 Å². The third-order valence-corrected chi connectivity index (χ3v) is 4.86. The van der Waals surface area contributed by atoms with Gasteiger partial charge in [-0.1, -0.05) is 18.2 Å². The van der Waals surface area contributed by atoms with Crippen molar-refractivity contribution in [3.8, 4) is 22.8 Å². The Balaban J connectivity index is 1.77. The van der Waals surface area contributed by atoms with Crippen LogP contribution in [-0.4, -0.2) is 22.7 Å². The number of hydrogen-bond acceptors (Lipinski definition) is 4. The van der Waals surface area contributed by atoms with E-state index in [-0.39, 0.29) is 6.10 Å². The van der Waals surface area contributed by atoms with E-state index in [4.69, 9.17) is 14.6 Å². The van der Waals surface area contributed by atoms with Crippen LogP contribution in [-0.2, 0) is 11.0 Å². The maximum Gasteiger partial charge on any atom is 0.416 e. The molecule has 32 heavy (non-hydrogen) atoms. The van der Waals surface area contributed by atoms with Crippen molar-refractivity contribution in [1.82, 2.24) is 4.98 Å². The van der Waals surface area contributed by atoms with E-state index in [0.29, 0.717) is 28.5 Å². The minimum absolute atomic E-state index is 0.372. The van der Waals surface area contributed by atoms with Gasteiger partial charge < -0.3 is 14.6 Å². The zero-order chi connectivity index (χ0) is 23.5. The molecule has 0 saturated heterocycles. The smallest absolute Gasteiger partial charge is 0.416 e. The molecule has 0 aliphatic heterocycles. The van der Waals surface area contributed by atoms with Crippen molar-refractivity contribution in [3.05, 3.63) is 77.0 Å². The van der Waals surface area contributed by atoms with Crippen molar-refractivity contribution in [2.24, 2.45) is 0 Å². The molecule has 1 heterocycles. The van der Waals surface area contributed by atoms with Crippen molar-refractivity contribution in [1.29, 1.82) is 0 Å². The SMILES string of the molecule is Cc1cc(OC(C)c2ccc(-c3cccc(C(F)(F)F)c3)nc2C)ccc1OCC(=O)O. The molecule has 3 aromatic rings. The largest absolute Gasteiger partial charge is 0.486 e. The number of benzene rings is 2. The molecule has 2 aromatic carbocycles. The van der Waals surface area contributed by atoms with Gasteiger partial charge in [0.25, 0.3) is 0 Å². The van der Waals surface area contributed by atoms with Crippen LogP contribution in [0.2, 0.25) is 0 Å². The maximum atomic E-state index is 13.0. The number of pyridine rings is 1. The van der Waals surface area contributed by atoms with Crippen molar-refractivity contribution >= 4 is 5.97 Å². The maximum absolute atomic E-state index is 13.0. The molecule has 1 unspecified atom stereocenters. The van der Waals surface area contributed by atoms with Gasteiger partial charge in [0.15, 0.2) is 6.61 Å². The van der Waals surface area contributed by atoms with Crippen molar-refractivity contribution < 1.29 is 32.5 Å². The Morgan fingerprint density at radius 3 is 2.47 bits per heavy atom. The first kappa shape index (κ1) is 23.1. The first-order valence-corrected chi connectivity index (χ1v) is 9.81. The molecule has 1 atom stereocenters. The Kier molecular flexibility index (Phi) is 6.72. The lowest BCUT2D eigenvalue weighted by Crippen LogP contribution is -2.10. The predicted octanol–water partition coefficient (Wildman–Crippen LogP) is 5.99. The van der Waals surface area contributed by atoms with Crippen LogP contribution in [0, 0.1) is 13.8 Å². The third-order valence-electron chi connectivity index (χ3n) is 4.86. The van der Waals surface area contributed by atoms with E-state index >= 15 is 0 Å². The Bertz CT molecular complexity index is 1130. The van der Waals surface area contributed by atoms with Crippen molar-refractivity contribution in [3.63, 3.8) is 0 Å². The molecule has 0 bridgehead atoms. The number of carbonyl (C=O) groups is 1. The molecular formula is C24H22F3NO4. The molecule has 3 rings (SSSR count). The Hall–Kier alpha value is -3.55. The first-order valence-electron chi connectivity index (χ1n) is 9.81. The summed E-state index contributed by atoms with van der Waals surface area (Å²) < 4.78 is 50.2. The van der Waals surface area contributed by atoms with Crippen LogP contribution in [0.15, 0.2) is 54.6 Å². The van der Waals surface area contributed by atoms with Crippen LogP contribution in [0.3, 0.4) is 0 Å². The van der Waals surface area contributed by atoms with Crippen LogP contribution in [0.5, 0.6) is 11.5 Å². The van der Waals surface area contributed by atoms with Crippen molar-refractivity contribution in [2.75, 3.05) is 6.61 Å². The number of alkyl halides is 3. The van der Waals surface area contributed by atoms with Gasteiger partial charge in [-0.05, 0) is 62.7 Å². The lowest BCUT2D eigenvalue weighted by molar-refractivity contribution is -0.139. The van der Waals surface area contributed by atoms with Crippen LogP contribution >= 0.6 is 0 Å². The highest BCUT2D eigenvalue weighted by Gasteiger charge is 2.30. The van der Waals surface area contributed by atoms with Crippen LogP contribution in [0.1, 0.15) is 35.4 Å². The fourth-order valence-corrected chi connectivity index (χ4v) is 3.28. The zero-order valence-electron chi connectivity index (χ0n) is 17.7. The van der Waals surface area contributed by atoms with E-state index in [0.717, 1.165) is 23.3 Å². The van der Waals surface area contributed by atoms with Gasteiger partial charge >= 0.3 is 12.1 Å². The summed E-state index contributed by atoms with van der Waals surface area (Å²) in [6.07, 6.45) is -4.79. The van der Waals surface area contributed by atoms with E-state index in [2.05, 4.69) is 4.98 Å². The summed E-state index contributed by atoms with van der Waals surface area (Å²) in [5.41, 5.74) is 2.28. The standard InChI is InChI=1S/C24H22F3NO4/c1-14-11-19(7-10-22(14)31-13-23(29)30)32-16(3)20-8-9-21(28-15(20)2)17-5-4-6-18(12-17)24(25,26)27/h4-12,16H,13H2,1-3H3,(H,29,30). The van der Waals surface area contributed by atoms with Gasteiger partial charge in [0.1, 0.15) is 17.6 Å². The summed E-state index contributed by atoms with van der Waals surface area (Å²) in [6.45, 7) is 4.98. The molecule has 0 aliphatic carbocycles. The van der Waals surface area contributed by atoms with E-state index in [1.54, 1.807) is 50.2 Å². The number of halogens is 3. The second-order valence-corrected chi connectivity index (χ2v) is 7.32. The summed E-state index contributed by atoms with van der Waals surface area (Å²) in [5.74, 6) is -0.0374. The van der Waals surface area contributed by atoms with Gasteiger partial charge in [-0.25, -0.2) is 4.79 Å². The Labute approximate surface area is 183 Å². The van der Waals surface area contributed by atoms with Gasteiger partial charge in [-0.3, -0.25) is 4.98 Å². The summed E-state index contributed by atoms with van der Waals surface area (Å²) >= 11 is 0. The van der Waals surface area contributed by atoms with Gasteiger partial charge in [0.2, 0.25) is 0 Å². The average molecular weight is 445 g/mol. The average Bonchev–Trinajstić information content (AvgIpc) is 2.72. The minimum atomic E-state index is -4.42. The molecule has 0 saturated carbocycles. The summed E-state index contributed by atoms with van der Waals surface area (Å²) in [6, 6.07) is 13.6. The molecule has 1 aromatic heterocycles. The molecule has 0 aliphatic rings. The number of aryl methyl sites for hydroxylation is 2. The summed E-state index contributed by atoms with van der Waals surface area (Å²) in [4.78, 5) is 15.1. The minimum Gasteiger partial charge on any atom is -0.486 e. The van der Waals surface area contributed by atoms with Gasteiger partial charge in [-0.2, -0.15) is 13.2 Å². The van der Waals surface area contributed by atoms with Gasteiger partial charge in [-0.15, -0.1) is 0 Å². The number of aromatic nitrogens is 1. The number of carboxylic acid groups (broad SMARTS) is 1. The van der Waals surface area contributed by atoms with Gasteiger partial charge in [0, 0.05) is 16.8 Å². The van der Waals surface area contributed by atoms with E-state index < -0.39 is 24.3 Å². The summed E-state index contributed by atoms with van der Waals surface area (Å²) in [7, 11) is 0.